The fraction of sp³-hybridized carbons (Fsp3) is 0.333. The zero-order chi connectivity index (χ0) is 19.7. The highest BCUT2D eigenvalue weighted by Crippen LogP contribution is 2.28. The predicted octanol–water partition coefficient (Wildman–Crippen LogP) is 4.34. The zero-order valence-electron chi connectivity index (χ0n) is 16.8. The van der Waals surface area contributed by atoms with Crippen LogP contribution in [0.1, 0.15) is 34.3 Å². The Hall–Kier alpha value is -2.72. The number of carbonyl (C=O) groups is 1. The van der Waals surface area contributed by atoms with Crippen molar-refractivity contribution < 1.29 is 4.79 Å². The summed E-state index contributed by atoms with van der Waals surface area (Å²) in [5.74, 6) is 0.113. The van der Waals surface area contributed by atoms with Crippen LogP contribution in [-0.2, 0) is 0 Å². The molecular weight excluding hydrogens is 346 g/mol. The number of rotatable bonds is 3. The Balaban J connectivity index is 1.81. The number of aromatic nitrogens is 1. The van der Waals surface area contributed by atoms with Gasteiger partial charge in [-0.2, -0.15) is 0 Å². The van der Waals surface area contributed by atoms with E-state index >= 15 is 0 Å². The number of hydrogen-bond donors (Lipinski definition) is 1. The minimum absolute atomic E-state index is 0.113. The van der Waals surface area contributed by atoms with Gasteiger partial charge in [-0.1, -0.05) is 30.3 Å². The number of aryl methyl sites for hydroxylation is 2. The van der Waals surface area contributed by atoms with Crippen molar-refractivity contribution in [2.24, 2.45) is 0 Å². The molecule has 0 unspecified atom stereocenters. The van der Waals surface area contributed by atoms with Crippen molar-refractivity contribution in [1.29, 1.82) is 0 Å². The van der Waals surface area contributed by atoms with Crippen molar-refractivity contribution >= 4 is 16.8 Å². The lowest BCUT2D eigenvalue weighted by atomic mass is 9.98. The lowest BCUT2D eigenvalue weighted by Crippen LogP contribution is -2.44. The number of nitrogens with one attached hydrogen (secondary N) is 1. The molecule has 3 aromatic rings. The monoisotopic (exact) mass is 373 g/mol. The minimum atomic E-state index is 0.113. The molecule has 1 aliphatic heterocycles. The van der Waals surface area contributed by atoms with Crippen LogP contribution in [-0.4, -0.2) is 42.0 Å². The molecule has 1 amide bonds. The molecule has 2 aromatic carbocycles. The highest BCUT2D eigenvalue weighted by molar-refractivity contribution is 6.07. The summed E-state index contributed by atoms with van der Waals surface area (Å²) in [7, 11) is 2.00. The maximum atomic E-state index is 13.5. The molecule has 4 rings (SSSR count). The number of hydrogen-bond acceptors (Lipinski definition) is 3. The van der Waals surface area contributed by atoms with Gasteiger partial charge in [-0.25, -0.2) is 4.98 Å². The van der Waals surface area contributed by atoms with E-state index in [1.54, 1.807) is 0 Å². The van der Waals surface area contributed by atoms with E-state index in [1.807, 2.05) is 48.3 Å². The lowest BCUT2D eigenvalue weighted by Gasteiger charge is -2.32. The summed E-state index contributed by atoms with van der Waals surface area (Å²) in [6.45, 7) is 5.77. The second-order valence-electron chi connectivity index (χ2n) is 7.73. The van der Waals surface area contributed by atoms with E-state index in [0.29, 0.717) is 6.04 Å². The third-order valence-corrected chi connectivity index (χ3v) is 5.91. The van der Waals surface area contributed by atoms with E-state index in [9.17, 15) is 4.79 Å². The van der Waals surface area contributed by atoms with Gasteiger partial charge in [0.25, 0.3) is 5.91 Å². The molecule has 4 nitrogen and oxygen atoms in total. The summed E-state index contributed by atoms with van der Waals surface area (Å²) in [4.78, 5) is 20.3. The molecule has 0 atom stereocenters. The second kappa shape index (κ2) is 7.72. The molecule has 4 heteroatoms. The van der Waals surface area contributed by atoms with E-state index in [-0.39, 0.29) is 5.91 Å². The van der Waals surface area contributed by atoms with Crippen LogP contribution in [0.25, 0.3) is 22.2 Å². The normalized spacial score (nSPS) is 15.2. The molecule has 1 aliphatic rings. The fourth-order valence-corrected chi connectivity index (χ4v) is 3.96. The number of carbonyl (C=O) groups excluding carboxylic acids is 1. The topological polar surface area (TPSA) is 45.2 Å². The molecular formula is C24H27N3O. The Morgan fingerprint density at radius 2 is 1.71 bits per heavy atom. The highest BCUT2D eigenvalue weighted by atomic mass is 16.2. The second-order valence-corrected chi connectivity index (χ2v) is 7.73. The standard InChI is InChI=1S/C24H27N3O/c1-16-13-20-21(24(28)27-11-9-19(25-3)10-12-27)15-22(18-7-5-4-6-8-18)26-23(20)14-17(16)2/h4-8,13-15,19,25H,9-12H2,1-3H3. The summed E-state index contributed by atoms with van der Waals surface area (Å²) in [6, 6.07) is 16.8. The first-order valence-electron chi connectivity index (χ1n) is 10.0. The van der Waals surface area contributed by atoms with Gasteiger partial charge in [0.2, 0.25) is 0 Å². The molecule has 1 saturated heterocycles. The number of nitrogens with zero attached hydrogens (tertiary/aromatic N) is 2. The van der Waals surface area contributed by atoms with Crippen LogP contribution in [0.2, 0.25) is 0 Å². The molecule has 28 heavy (non-hydrogen) atoms. The predicted molar refractivity (Wildman–Crippen MR) is 115 cm³/mol. The molecule has 1 aromatic heterocycles. The summed E-state index contributed by atoms with van der Waals surface area (Å²) >= 11 is 0. The fourth-order valence-electron chi connectivity index (χ4n) is 3.96. The summed E-state index contributed by atoms with van der Waals surface area (Å²) in [5.41, 5.74) is 5.91. The van der Waals surface area contributed by atoms with Crippen molar-refractivity contribution in [1.82, 2.24) is 15.2 Å². The van der Waals surface area contributed by atoms with E-state index in [4.69, 9.17) is 4.98 Å². The summed E-state index contributed by atoms with van der Waals surface area (Å²) in [6.07, 6.45) is 1.99. The first kappa shape index (κ1) is 18.6. The molecule has 144 valence electrons. The van der Waals surface area contributed by atoms with Crippen molar-refractivity contribution in [2.75, 3.05) is 20.1 Å². The molecule has 2 heterocycles. The lowest BCUT2D eigenvalue weighted by molar-refractivity contribution is 0.0709. The average molecular weight is 374 g/mol. The van der Waals surface area contributed by atoms with Crippen molar-refractivity contribution in [3.63, 3.8) is 0 Å². The number of amides is 1. The van der Waals surface area contributed by atoms with Crippen LogP contribution < -0.4 is 5.32 Å². The Bertz CT molecular complexity index is 1010. The largest absolute Gasteiger partial charge is 0.339 e. The third kappa shape index (κ3) is 3.52. The third-order valence-electron chi connectivity index (χ3n) is 5.91. The molecule has 0 saturated carbocycles. The molecule has 1 N–H and O–H groups in total. The summed E-state index contributed by atoms with van der Waals surface area (Å²) < 4.78 is 0. The van der Waals surface area contributed by atoms with E-state index in [1.165, 1.54) is 11.1 Å². The van der Waals surface area contributed by atoms with Gasteiger partial charge >= 0.3 is 0 Å². The molecule has 0 bridgehead atoms. The van der Waals surface area contributed by atoms with Gasteiger partial charge in [-0.3, -0.25) is 4.79 Å². The van der Waals surface area contributed by atoms with Gasteiger partial charge in [-0.05, 0) is 63.1 Å². The van der Waals surface area contributed by atoms with Crippen LogP contribution in [0, 0.1) is 13.8 Å². The molecule has 0 radical (unpaired) electrons. The van der Waals surface area contributed by atoms with Gasteiger partial charge < -0.3 is 10.2 Å². The first-order valence-corrected chi connectivity index (χ1v) is 10.0. The Morgan fingerprint density at radius 1 is 1.04 bits per heavy atom. The van der Waals surface area contributed by atoms with Crippen LogP contribution in [0.5, 0.6) is 0 Å². The smallest absolute Gasteiger partial charge is 0.254 e. The van der Waals surface area contributed by atoms with Gasteiger partial charge in [0.05, 0.1) is 16.8 Å². The highest BCUT2D eigenvalue weighted by Gasteiger charge is 2.25. The molecule has 1 fully saturated rings. The van der Waals surface area contributed by atoms with Gasteiger partial charge in [0.15, 0.2) is 0 Å². The number of likely N-dealkylation sites (tertiary alicyclic amines) is 1. The molecule has 0 spiro atoms. The maximum absolute atomic E-state index is 13.5. The average Bonchev–Trinajstić information content (AvgIpc) is 2.74. The van der Waals surface area contributed by atoms with E-state index < -0.39 is 0 Å². The SMILES string of the molecule is CNC1CCN(C(=O)c2cc(-c3ccccc3)nc3cc(C)c(C)cc23)CC1. The maximum Gasteiger partial charge on any atom is 0.254 e. The Kier molecular flexibility index (Phi) is 5.14. The number of benzene rings is 2. The quantitative estimate of drug-likeness (QED) is 0.743. The Morgan fingerprint density at radius 3 is 2.39 bits per heavy atom. The van der Waals surface area contributed by atoms with E-state index in [2.05, 4.69) is 31.3 Å². The number of piperidine rings is 1. The zero-order valence-corrected chi connectivity index (χ0v) is 16.8. The first-order chi connectivity index (χ1) is 13.6. The summed E-state index contributed by atoms with van der Waals surface area (Å²) in [5, 5.41) is 4.28. The van der Waals surface area contributed by atoms with Crippen LogP contribution in [0.3, 0.4) is 0 Å². The van der Waals surface area contributed by atoms with Gasteiger partial charge in [-0.15, -0.1) is 0 Å². The molecule has 0 aliphatic carbocycles. The van der Waals surface area contributed by atoms with Gasteiger partial charge in [0.1, 0.15) is 0 Å². The van der Waals surface area contributed by atoms with Crippen LogP contribution in [0.15, 0.2) is 48.5 Å². The van der Waals surface area contributed by atoms with Crippen LogP contribution >= 0.6 is 0 Å². The number of pyridine rings is 1. The minimum Gasteiger partial charge on any atom is -0.339 e. The van der Waals surface area contributed by atoms with Crippen molar-refractivity contribution in [2.45, 2.75) is 32.7 Å². The van der Waals surface area contributed by atoms with Crippen molar-refractivity contribution in [3.05, 3.63) is 65.2 Å². The Labute approximate surface area is 166 Å². The van der Waals surface area contributed by atoms with E-state index in [0.717, 1.165) is 53.7 Å². The number of fused-ring (bicyclic) bond motifs is 1. The van der Waals surface area contributed by atoms with Gasteiger partial charge in [0, 0.05) is 30.1 Å². The van der Waals surface area contributed by atoms with Crippen molar-refractivity contribution in [3.8, 4) is 11.3 Å². The van der Waals surface area contributed by atoms with Crippen LogP contribution in [0.4, 0.5) is 0 Å².